The molecule has 21 heavy (non-hydrogen) atoms. The molecule has 3 nitrogen and oxygen atoms in total. The molecule has 1 atom stereocenters. The van der Waals surface area contributed by atoms with E-state index in [1.54, 1.807) is 0 Å². The number of nitrogens with zero attached hydrogens (tertiary/aromatic N) is 2. The minimum atomic E-state index is -0.759. The number of hydrogen-bond acceptors (Lipinski definition) is 2. The van der Waals surface area contributed by atoms with Crippen molar-refractivity contribution in [2.75, 3.05) is 0 Å². The summed E-state index contributed by atoms with van der Waals surface area (Å²) in [6.07, 6.45) is 2.14. The van der Waals surface area contributed by atoms with Gasteiger partial charge in [0.1, 0.15) is 5.54 Å². The molecule has 0 amide bonds. The van der Waals surface area contributed by atoms with E-state index in [0.29, 0.717) is 12.5 Å². The molecule has 1 saturated carbocycles. The van der Waals surface area contributed by atoms with Crippen LogP contribution in [0.3, 0.4) is 0 Å². The van der Waals surface area contributed by atoms with Crippen LogP contribution in [0.25, 0.3) is 21.8 Å². The number of nitriles is 1. The van der Waals surface area contributed by atoms with Gasteiger partial charge in [-0.3, -0.25) is 0 Å². The highest BCUT2D eigenvalue weighted by atomic mass is 15.0. The third-order valence-electron chi connectivity index (χ3n) is 4.61. The topological polar surface area (TPSA) is 54.7 Å². The summed E-state index contributed by atoms with van der Waals surface area (Å²) < 4.78 is 2.21. The van der Waals surface area contributed by atoms with Crippen LogP contribution in [-0.4, -0.2) is 10.1 Å². The van der Waals surface area contributed by atoms with Gasteiger partial charge in [-0.05, 0) is 30.9 Å². The fraction of sp³-hybridized carbons (Fsp3) is 0.278. The standard InChI is InChI=1S/C18H17N3/c19-11-18(20,13-9-10-13)12-21-16-7-3-1-5-14(16)15-6-2-4-8-17(15)21/h1-8,13H,9-10,12,20H2. The predicted molar refractivity (Wildman–Crippen MR) is 84.7 cm³/mol. The van der Waals surface area contributed by atoms with E-state index >= 15 is 0 Å². The molecular formula is C18H17N3. The molecule has 2 N–H and O–H groups in total. The second-order valence-corrected chi connectivity index (χ2v) is 6.05. The van der Waals surface area contributed by atoms with E-state index < -0.39 is 5.54 Å². The third-order valence-corrected chi connectivity index (χ3v) is 4.61. The Morgan fingerprint density at radius 3 is 2.05 bits per heavy atom. The van der Waals surface area contributed by atoms with Gasteiger partial charge < -0.3 is 10.3 Å². The van der Waals surface area contributed by atoms with Crippen molar-refractivity contribution in [3.63, 3.8) is 0 Å². The van der Waals surface area contributed by atoms with Crippen LogP contribution in [0.1, 0.15) is 12.8 Å². The second kappa shape index (κ2) is 4.34. The summed E-state index contributed by atoms with van der Waals surface area (Å²) in [5.41, 5.74) is 7.95. The first-order valence-electron chi connectivity index (χ1n) is 7.39. The molecule has 0 spiro atoms. The lowest BCUT2D eigenvalue weighted by molar-refractivity contribution is 0.416. The number of aromatic nitrogens is 1. The molecular weight excluding hydrogens is 258 g/mol. The predicted octanol–water partition coefficient (Wildman–Crippen LogP) is 3.43. The molecule has 104 valence electrons. The van der Waals surface area contributed by atoms with Crippen LogP contribution in [-0.2, 0) is 6.54 Å². The minimum Gasteiger partial charge on any atom is -0.337 e. The molecule has 1 aliphatic carbocycles. The summed E-state index contributed by atoms with van der Waals surface area (Å²) in [4.78, 5) is 0. The zero-order valence-corrected chi connectivity index (χ0v) is 11.8. The smallest absolute Gasteiger partial charge is 0.125 e. The lowest BCUT2D eigenvalue weighted by Gasteiger charge is -2.23. The zero-order chi connectivity index (χ0) is 14.4. The molecule has 0 radical (unpaired) electrons. The Morgan fingerprint density at radius 1 is 1.05 bits per heavy atom. The van der Waals surface area contributed by atoms with Gasteiger partial charge in [-0.2, -0.15) is 5.26 Å². The minimum absolute atomic E-state index is 0.336. The maximum absolute atomic E-state index is 9.55. The van der Waals surface area contributed by atoms with Crippen LogP contribution in [0.15, 0.2) is 48.5 Å². The molecule has 0 bridgehead atoms. The largest absolute Gasteiger partial charge is 0.337 e. The normalized spacial score (nSPS) is 17.7. The first kappa shape index (κ1) is 12.4. The van der Waals surface area contributed by atoms with Crippen LogP contribution >= 0.6 is 0 Å². The number of para-hydroxylation sites is 2. The van der Waals surface area contributed by atoms with Gasteiger partial charge in [-0.25, -0.2) is 0 Å². The number of hydrogen-bond donors (Lipinski definition) is 1. The van der Waals surface area contributed by atoms with Gasteiger partial charge in [-0.1, -0.05) is 36.4 Å². The Labute approximate surface area is 123 Å². The van der Waals surface area contributed by atoms with Gasteiger partial charge in [0.25, 0.3) is 0 Å². The highest BCUT2D eigenvalue weighted by molar-refractivity contribution is 6.07. The van der Waals surface area contributed by atoms with Gasteiger partial charge in [0.05, 0.1) is 12.6 Å². The number of fused-ring (bicyclic) bond motifs is 3. The molecule has 1 fully saturated rings. The molecule has 3 heteroatoms. The Bertz CT molecular complexity index is 814. The van der Waals surface area contributed by atoms with E-state index in [2.05, 4.69) is 47.0 Å². The van der Waals surface area contributed by atoms with Crippen LogP contribution in [0.5, 0.6) is 0 Å². The SMILES string of the molecule is N#CC(N)(Cn1c2ccccc2c2ccccc21)C1CC1. The first-order chi connectivity index (χ1) is 10.2. The molecule has 0 saturated heterocycles. The Hall–Kier alpha value is -2.31. The number of rotatable bonds is 3. The van der Waals surface area contributed by atoms with Crippen molar-refractivity contribution in [1.29, 1.82) is 5.26 Å². The van der Waals surface area contributed by atoms with Gasteiger partial charge in [0.15, 0.2) is 0 Å². The van der Waals surface area contributed by atoms with Gasteiger partial charge >= 0.3 is 0 Å². The molecule has 1 heterocycles. The Morgan fingerprint density at radius 2 is 1.57 bits per heavy atom. The van der Waals surface area contributed by atoms with Crippen molar-refractivity contribution in [2.45, 2.75) is 24.9 Å². The van der Waals surface area contributed by atoms with E-state index in [1.807, 2.05) is 12.1 Å². The fourth-order valence-electron chi connectivity index (χ4n) is 3.29. The molecule has 2 aromatic carbocycles. The molecule has 4 rings (SSSR count). The van der Waals surface area contributed by atoms with E-state index in [1.165, 1.54) is 10.8 Å². The third kappa shape index (κ3) is 1.84. The quantitative estimate of drug-likeness (QED) is 0.796. The van der Waals surface area contributed by atoms with Crippen molar-refractivity contribution in [3.05, 3.63) is 48.5 Å². The van der Waals surface area contributed by atoms with E-state index in [4.69, 9.17) is 5.73 Å². The van der Waals surface area contributed by atoms with Crippen molar-refractivity contribution in [1.82, 2.24) is 4.57 Å². The van der Waals surface area contributed by atoms with E-state index in [9.17, 15) is 5.26 Å². The van der Waals surface area contributed by atoms with Crippen molar-refractivity contribution in [3.8, 4) is 6.07 Å². The number of nitrogens with two attached hydrogens (primary N) is 1. The Balaban J connectivity index is 1.96. The first-order valence-corrected chi connectivity index (χ1v) is 7.39. The summed E-state index contributed by atoms with van der Waals surface area (Å²) >= 11 is 0. The van der Waals surface area contributed by atoms with Crippen LogP contribution in [0.2, 0.25) is 0 Å². The summed E-state index contributed by atoms with van der Waals surface area (Å²) in [6, 6.07) is 19.1. The van der Waals surface area contributed by atoms with Crippen molar-refractivity contribution >= 4 is 21.8 Å². The van der Waals surface area contributed by atoms with Crippen LogP contribution in [0, 0.1) is 17.2 Å². The highest BCUT2D eigenvalue weighted by Gasteiger charge is 2.43. The highest BCUT2D eigenvalue weighted by Crippen LogP contribution is 2.40. The fourth-order valence-corrected chi connectivity index (χ4v) is 3.29. The lowest BCUT2D eigenvalue weighted by Crippen LogP contribution is -2.44. The summed E-state index contributed by atoms with van der Waals surface area (Å²) in [6.45, 7) is 0.558. The van der Waals surface area contributed by atoms with Crippen LogP contribution in [0.4, 0.5) is 0 Å². The molecule has 3 aromatic rings. The van der Waals surface area contributed by atoms with Gasteiger partial charge in [0.2, 0.25) is 0 Å². The van der Waals surface area contributed by atoms with Gasteiger partial charge in [-0.15, -0.1) is 0 Å². The van der Waals surface area contributed by atoms with Crippen molar-refractivity contribution in [2.24, 2.45) is 11.7 Å². The maximum Gasteiger partial charge on any atom is 0.125 e. The van der Waals surface area contributed by atoms with Crippen LogP contribution < -0.4 is 5.73 Å². The number of benzene rings is 2. The molecule has 1 aromatic heterocycles. The lowest BCUT2D eigenvalue weighted by atomic mass is 9.96. The maximum atomic E-state index is 9.55. The summed E-state index contributed by atoms with van der Waals surface area (Å²) in [5, 5.41) is 12.0. The second-order valence-electron chi connectivity index (χ2n) is 6.05. The summed E-state index contributed by atoms with van der Waals surface area (Å²) in [5.74, 6) is 0.336. The molecule has 1 aliphatic rings. The van der Waals surface area contributed by atoms with E-state index in [-0.39, 0.29) is 0 Å². The Kier molecular flexibility index (Phi) is 2.57. The molecule has 0 aliphatic heterocycles. The summed E-state index contributed by atoms with van der Waals surface area (Å²) in [7, 11) is 0. The average Bonchev–Trinajstić information content (AvgIpc) is 3.34. The van der Waals surface area contributed by atoms with E-state index in [0.717, 1.165) is 23.9 Å². The van der Waals surface area contributed by atoms with Crippen molar-refractivity contribution < 1.29 is 0 Å². The zero-order valence-electron chi connectivity index (χ0n) is 11.8. The van der Waals surface area contributed by atoms with Gasteiger partial charge in [0, 0.05) is 21.8 Å². The molecule has 1 unspecified atom stereocenters. The monoisotopic (exact) mass is 275 g/mol. The average molecular weight is 275 g/mol.